The molecule has 0 saturated carbocycles. The molecule has 4 nitrogen and oxygen atoms in total. The molecule has 0 aliphatic heterocycles. The average Bonchev–Trinajstić information content (AvgIpc) is 2.26. The highest BCUT2D eigenvalue weighted by Gasteiger charge is 2.02. The number of hydrogen-bond acceptors (Lipinski definition) is 4. The van der Waals surface area contributed by atoms with Crippen LogP contribution in [0.4, 0.5) is 0 Å². The molecule has 0 aromatic rings. The summed E-state index contributed by atoms with van der Waals surface area (Å²) in [4.78, 5) is 2.32. The summed E-state index contributed by atoms with van der Waals surface area (Å²) in [6, 6.07) is 0.437. The summed E-state index contributed by atoms with van der Waals surface area (Å²) in [6.45, 7) is 9.79. The molecule has 1 N–H and O–H groups in total. The van der Waals surface area contributed by atoms with Crippen LogP contribution in [0.2, 0.25) is 0 Å². The van der Waals surface area contributed by atoms with Crippen molar-refractivity contribution in [3.63, 3.8) is 0 Å². The smallest absolute Gasteiger partial charge is 0.0616 e. The van der Waals surface area contributed by atoms with Gasteiger partial charge in [-0.25, -0.2) is 0 Å². The van der Waals surface area contributed by atoms with Crippen molar-refractivity contribution in [1.82, 2.24) is 10.2 Å². The Bertz CT molecular complexity index is 145. The lowest BCUT2D eigenvalue weighted by Gasteiger charge is -2.19. The minimum absolute atomic E-state index is 0.437. The number of likely N-dealkylation sites (N-methyl/N-ethyl adjacent to an activating group) is 1. The van der Waals surface area contributed by atoms with Crippen molar-refractivity contribution in [2.45, 2.75) is 26.3 Å². The molecule has 0 rings (SSSR count). The average molecular weight is 232 g/mol. The van der Waals surface area contributed by atoms with Crippen LogP contribution in [0.1, 0.15) is 20.3 Å². The van der Waals surface area contributed by atoms with Gasteiger partial charge in [-0.15, -0.1) is 0 Å². The topological polar surface area (TPSA) is 33.7 Å². The highest BCUT2D eigenvalue weighted by atomic mass is 16.5. The molecule has 0 aliphatic carbocycles. The quantitative estimate of drug-likeness (QED) is 0.538. The van der Waals surface area contributed by atoms with Crippen LogP contribution >= 0.6 is 0 Å². The molecular weight excluding hydrogens is 204 g/mol. The molecule has 0 aliphatic rings. The van der Waals surface area contributed by atoms with Crippen molar-refractivity contribution < 1.29 is 9.47 Å². The van der Waals surface area contributed by atoms with Gasteiger partial charge < -0.3 is 19.7 Å². The fourth-order valence-electron chi connectivity index (χ4n) is 1.45. The molecule has 0 bridgehead atoms. The third-order valence-electron chi connectivity index (χ3n) is 2.45. The molecule has 0 saturated heterocycles. The van der Waals surface area contributed by atoms with Crippen LogP contribution in [-0.2, 0) is 9.47 Å². The zero-order valence-electron chi connectivity index (χ0n) is 11.3. The Morgan fingerprint density at radius 2 is 2.06 bits per heavy atom. The van der Waals surface area contributed by atoms with Gasteiger partial charge in [0, 0.05) is 46.0 Å². The normalized spacial score (nSPS) is 13.3. The van der Waals surface area contributed by atoms with Crippen molar-refractivity contribution in [3.05, 3.63) is 0 Å². The third kappa shape index (κ3) is 10.4. The van der Waals surface area contributed by atoms with Gasteiger partial charge in [0.15, 0.2) is 0 Å². The number of nitrogens with one attached hydrogen (secondary N) is 1. The Hall–Kier alpha value is -0.160. The fourth-order valence-corrected chi connectivity index (χ4v) is 1.45. The van der Waals surface area contributed by atoms with Crippen LogP contribution in [0.25, 0.3) is 0 Å². The van der Waals surface area contributed by atoms with E-state index < -0.39 is 0 Å². The first-order valence-electron chi connectivity index (χ1n) is 6.19. The van der Waals surface area contributed by atoms with Gasteiger partial charge in [-0.2, -0.15) is 0 Å². The minimum atomic E-state index is 0.437. The van der Waals surface area contributed by atoms with E-state index in [-0.39, 0.29) is 0 Å². The zero-order valence-corrected chi connectivity index (χ0v) is 11.3. The molecule has 4 heteroatoms. The van der Waals surface area contributed by atoms with Gasteiger partial charge >= 0.3 is 0 Å². The second-order valence-electron chi connectivity index (χ2n) is 4.16. The molecule has 0 aromatic heterocycles. The summed E-state index contributed by atoms with van der Waals surface area (Å²) in [5.41, 5.74) is 0. The van der Waals surface area contributed by atoms with Crippen molar-refractivity contribution >= 4 is 0 Å². The zero-order chi connectivity index (χ0) is 12.2. The number of rotatable bonds is 11. The van der Waals surface area contributed by atoms with Crippen molar-refractivity contribution in [3.8, 4) is 0 Å². The van der Waals surface area contributed by atoms with Gasteiger partial charge in [-0.05, 0) is 27.3 Å². The van der Waals surface area contributed by atoms with E-state index in [0.29, 0.717) is 6.04 Å². The molecule has 0 aromatic carbocycles. The summed E-state index contributed by atoms with van der Waals surface area (Å²) in [6.07, 6.45) is 1.10. The first kappa shape index (κ1) is 15.8. The largest absolute Gasteiger partial charge is 0.385 e. The summed E-state index contributed by atoms with van der Waals surface area (Å²) >= 11 is 0. The Labute approximate surface area is 100 Å². The highest BCUT2D eigenvalue weighted by Crippen LogP contribution is 1.88. The minimum Gasteiger partial charge on any atom is -0.385 e. The van der Waals surface area contributed by atoms with E-state index in [2.05, 4.69) is 24.2 Å². The Morgan fingerprint density at radius 1 is 1.31 bits per heavy atom. The third-order valence-corrected chi connectivity index (χ3v) is 2.45. The molecule has 0 amide bonds. The van der Waals surface area contributed by atoms with E-state index in [1.54, 1.807) is 7.11 Å². The van der Waals surface area contributed by atoms with Gasteiger partial charge in [-0.3, -0.25) is 0 Å². The fraction of sp³-hybridized carbons (Fsp3) is 1.00. The van der Waals surface area contributed by atoms with Crippen LogP contribution in [0.3, 0.4) is 0 Å². The van der Waals surface area contributed by atoms with Crippen molar-refractivity contribution in [2.75, 3.05) is 53.6 Å². The first-order valence-corrected chi connectivity index (χ1v) is 6.19. The van der Waals surface area contributed by atoms with Crippen molar-refractivity contribution in [2.24, 2.45) is 0 Å². The van der Waals surface area contributed by atoms with Gasteiger partial charge in [0.1, 0.15) is 0 Å². The Morgan fingerprint density at radius 3 is 2.69 bits per heavy atom. The maximum absolute atomic E-state index is 5.34. The lowest BCUT2D eigenvalue weighted by molar-refractivity contribution is 0.126. The molecule has 0 spiro atoms. The predicted molar refractivity (Wildman–Crippen MR) is 67.9 cm³/mol. The molecule has 0 radical (unpaired) electrons. The molecular formula is C12H28N2O2. The molecule has 1 atom stereocenters. The lowest BCUT2D eigenvalue weighted by Crippen LogP contribution is -2.37. The van der Waals surface area contributed by atoms with E-state index in [1.807, 2.05) is 6.92 Å². The maximum Gasteiger partial charge on any atom is 0.0616 e. The second-order valence-corrected chi connectivity index (χ2v) is 4.16. The molecule has 0 heterocycles. The highest BCUT2D eigenvalue weighted by molar-refractivity contribution is 4.61. The van der Waals surface area contributed by atoms with Crippen LogP contribution < -0.4 is 5.32 Å². The summed E-state index contributed by atoms with van der Waals surface area (Å²) in [5.74, 6) is 0. The molecule has 16 heavy (non-hydrogen) atoms. The first-order chi connectivity index (χ1) is 7.70. The van der Waals surface area contributed by atoms with Crippen LogP contribution in [0.5, 0.6) is 0 Å². The van der Waals surface area contributed by atoms with Gasteiger partial charge in [0.25, 0.3) is 0 Å². The number of methoxy groups -OCH3 is 1. The summed E-state index contributed by atoms with van der Waals surface area (Å²) < 4.78 is 10.4. The van der Waals surface area contributed by atoms with E-state index in [9.17, 15) is 0 Å². The lowest BCUT2D eigenvalue weighted by atomic mass is 10.3. The molecule has 1 unspecified atom stereocenters. The van der Waals surface area contributed by atoms with Crippen LogP contribution in [0.15, 0.2) is 0 Å². The van der Waals surface area contributed by atoms with Gasteiger partial charge in [0.2, 0.25) is 0 Å². The number of nitrogens with zero attached hydrogens (tertiary/aromatic N) is 1. The van der Waals surface area contributed by atoms with Crippen molar-refractivity contribution in [1.29, 1.82) is 0 Å². The van der Waals surface area contributed by atoms with Crippen LogP contribution in [-0.4, -0.2) is 64.6 Å². The Kier molecular flexibility index (Phi) is 11.2. The predicted octanol–water partition coefficient (Wildman–Crippen LogP) is 0.969. The second kappa shape index (κ2) is 11.3. The van der Waals surface area contributed by atoms with E-state index in [1.165, 1.54) is 0 Å². The standard InChI is InChI=1S/C12H28N2O2/c1-5-16-11-12(2)13-7-9-14(3)8-6-10-15-4/h12-13H,5-11H2,1-4H3. The van der Waals surface area contributed by atoms with E-state index in [0.717, 1.165) is 45.9 Å². The van der Waals surface area contributed by atoms with E-state index >= 15 is 0 Å². The molecule has 0 fully saturated rings. The Balaban J connectivity index is 3.28. The van der Waals surface area contributed by atoms with Crippen LogP contribution in [0, 0.1) is 0 Å². The van der Waals surface area contributed by atoms with E-state index in [4.69, 9.17) is 9.47 Å². The number of ether oxygens (including phenoxy) is 2. The SMILES string of the molecule is CCOCC(C)NCCN(C)CCCOC. The monoisotopic (exact) mass is 232 g/mol. The summed E-state index contributed by atoms with van der Waals surface area (Å²) in [7, 11) is 3.89. The van der Waals surface area contributed by atoms with Gasteiger partial charge in [-0.1, -0.05) is 0 Å². The summed E-state index contributed by atoms with van der Waals surface area (Å²) in [5, 5.41) is 3.44. The number of hydrogen-bond donors (Lipinski definition) is 1. The maximum atomic E-state index is 5.34. The molecule has 98 valence electrons. The van der Waals surface area contributed by atoms with Gasteiger partial charge in [0.05, 0.1) is 6.61 Å².